The highest BCUT2D eigenvalue weighted by molar-refractivity contribution is 7.46. The maximum Gasteiger partial charge on any atom is 0.372 e. The van der Waals surface area contributed by atoms with Gasteiger partial charge in [-0.05, 0) is 61.5 Å². The third-order valence-electron chi connectivity index (χ3n) is 8.62. The van der Waals surface area contributed by atoms with E-state index in [4.69, 9.17) is 9.05 Å². The maximum absolute atomic E-state index is 13.4. The largest absolute Gasteiger partial charge is 0.736 e. The Balaban J connectivity index is 1.68. The molecule has 0 spiro atoms. The van der Waals surface area contributed by atoms with Gasteiger partial charge in [-0.25, -0.2) is 4.57 Å². The van der Waals surface area contributed by atoms with E-state index in [2.05, 4.69) is 52.0 Å². The highest BCUT2D eigenvalue weighted by Crippen LogP contribution is 2.54. The molecular formula is C29H38O4P-. The molecule has 0 atom stereocenters. The van der Waals surface area contributed by atoms with E-state index in [1.54, 1.807) is 0 Å². The van der Waals surface area contributed by atoms with Crippen molar-refractivity contribution in [3.63, 3.8) is 0 Å². The minimum Gasteiger partial charge on any atom is -0.736 e. The van der Waals surface area contributed by atoms with Crippen LogP contribution in [0.1, 0.15) is 111 Å². The lowest BCUT2D eigenvalue weighted by molar-refractivity contribution is -0.208. The minimum absolute atomic E-state index is 0.0796. The van der Waals surface area contributed by atoms with Crippen LogP contribution in [0.15, 0.2) is 24.3 Å². The molecule has 0 radical (unpaired) electrons. The maximum atomic E-state index is 13.4. The van der Waals surface area contributed by atoms with Gasteiger partial charge in [-0.3, -0.25) is 0 Å². The van der Waals surface area contributed by atoms with Crippen molar-refractivity contribution in [2.24, 2.45) is 0 Å². The summed E-state index contributed by atoms with van der Waals surface area (Å²) in [6, 6.07) is 8.48. The first kappa shape index (κ1) is 23.9. The molecule has 0 saturated heterocycles. The van der Waals surface area contributed by atoms with Crippen LogP contribution in [0.5, 0.6) is 11.5 Å². The molecule has 34 heavy (non-hydrogen) atoms. The molecule has 1 aliphatic heterocycles. The van der Waals surface area contributed by atoms with Crippen LogP contribution < -0.4 is 13.9 Å². The Morgan fingerprint density at radius 1 is 0.706 bits per heavy atom. The topological polar surface area (TPSA) is 58.6 Å². The molecule has 2 fully saturated rings. The lowest BCUT2D eigenvalue weighted by Crippen LogP contribution is -2.29. The van der Waals surface area contributed by atoms with Crippen LogP contribution in [0.3, 0.4) is 0 Å². The number of benzene rings is 2. The molecule has 4 nitrogen and oxygen atoms in total. The van der Waals surface area contributed by atoms with Crippen molar-refractivity contribution < 1.29 is 18.5 Å². The van der Waals surface area contributed by atoms with Gasteiger partial charge in [-0.15, -0.1) is 0 Å². The molecule has 3 aliphatic rings. The molecule has 0 unspecified atom stereocenters. The Labute approximate surface area is 204 Å². The number of aryl methyl sites for hydroxylation is 2. The number of phosphoric ester groups is 1. The fourth-order valence-electron chi connectivity index (χ4n) is 6.72. The predicted octanol–water partition coefficient (Wildman–Crippen LogP) is 7.58. The van der Waals surface area contributed by atoms with Crippen LogP contribution in [0.25, 0.3) is 0 Å². The number of fused-ring (bicyclic) bond motifs is 2. The summed E-state index contributed by atoms with van der Waals surface area (Å²) in [5.74, 6) is 1.01. The van der Waals surface area contributed by atoms with Crippen molar-refractivity contribution in [1.29, 1.82) is 0 Å². The highest BCUT2D eigenvalue weighted by atomic mass is 31.2. The average molecular weight is 482 g/mol. The summed E-state index contributed by atoms with van der Waals surface area (Å²) in [5, 5.41) is 0. The quantitative estimate of drug-likeness (QED) is 0.415. The van der Waals surface area contributed by atoms with E-state index in [0.29, 0.717) is 17.9 Å². The third-order valence-corrected chi connectivity index (χ3v) is 9.43. The zero-order valence-corrected chi connectivity index (χ0v) is 22.1. The summed E-state index contributed by atoms with van der Waals surface area (Å²) >= 11 is 0. The molecule has 5 heteroatoms. The van der Waals surface area contributed by atoms with Gasteiger partial charge in [0.15, 0.2) is 0 Å². The number of rotatable bonds is 2. The van der Waals surface area contributed by atoms with Crippen molar-refractivity contribution in [3.05, 3.63) is 57.6 Å². The first-order chi connectivity index (χ1) is 16.1. The predicted molar refractivity (Wildman–Crippen MR) is 135 cm³/mol. The Morgan fingerprint density at radius 2 is 1.09 bits per heavy atom. The summed E-state index contributed by atoms with van der Waals surface area (Å²) in [6.07, 6.45) is 11.9. The van der Waals surface area contributed by atoms with Crippen molar-refractivity contribution in [3.8, 4) is 11.5 Å². The summed E-state index contributed by atoms with van der Waals surface area (Å²) in [4.78, 5) is 13.4. The standard InChI is InChI=1S/C29H39O4P/c1-20-15-22-19-23-16-21(2)18-25(29(4)13-9-6-10-14-29)27(23)33-34(30,31)32-26(22)24(17-20)28(3)11-7-5-8-12-28/h15-18H,5-14,19H2,1-4H3,(H,30,31)/p-1. The summed E-state index contributed by atoms with van der Waals surface area (Å²) in [7, 11) is -4.62. The van der Waals surface area contributed by atoms with Gasteiger partial charge in [-0.2, -0.15) is 0 Å². The molecule has 0 aromatic heterocycles. The van der Waals surface area contributed by atoms with Crippen molar-refractivity contribution >= 4 is 7.82 Å². The molecule has 0 amide bonds. The molecule has 0 bridgehead atoms. The van der Waals surface area contributed by atoms with Gasteiger partial charge in [0.1, 0.15) is 11.5 Å². The molecule has 2 aliphatic carbocycles. The number of phosphoric acid groups is 1. The average Bonchev–Trinajstić information content (AvgIpc) is 2.77. The van der Waals surface area contributed by atoms with Crippen molar-refractivity contribution in [2.75, 3.05) is 0 Å². The first-order valence-corrected chi connectivity index (χ1v) is 14.5. The second-order valence-corrected chi connectivity index (χ2v) is 12.9. The van der Waals surface area contributed by atoms with Crippen LogP contribution in [0.2, 0.25) is 0 Å². The highest BCUT2D eigenvalue weighted by Gasteiger charge is 2.38. The minimum atomic E-state index is -4.62. The normalized spacial score (nSPS) is 22.9. The van der Waals surface area contributed by atoms with Crippen LogP contribution in [0, 0.1) is 13.8 Å². The first-order valence-electron chi connectivity index (χ1n) is 13.1. The smallest absolute Gasteiger partial charge is 0.372 e. The number of hydrogen-bond acceptors (Lipinski definition) is 4. The van der Waals surface area contributed by atoms with Crippen LogP contribution in [-0.4, -0.2) is 0 Å². The van der Waals surface area contributed by atoms with Gasteiger partial charge in [0.05, 0.1) is 0 Å². The van der Waals surface area contributed by atoms with E-state index in [1.165, 1.54) is 12.8 Å². The second-order valence-electron chi connectivity index (χ2n) is 11.7. The van der Waals surface area contributed by atoms with E-state index in [9.17, 15) is 9.46 Å². The van der Waals surface area contributed by atoms with Gasteiger partial charge >= 0.3 is 7.82 Å². The zero-order chi connectivity index (χ0) is 24.1. The van der Waals surface area contributed by atoms with Gasteiger partial charge in [-0.1, -0.05) is 87.8 Å². The van der Waals surface area contributed by atoms with Gasteiger partial charge in [0, 0.05) is 17.5 Å². The monoisotopic (exact) mass is 481 g/mol. The third kappa shape index (κ3) is 4.44. The second kappa shape index (κ2) is 8.71. The van der Waals surface area contributed by atoms with E-state index in [0.717, 1.165) is 84.7 Å². The van der Waals surface area contributed by atoms with Gasteiger partial charge < -0.3 is 13.9 Å². The molecule has 0 N–H and O–H groups in total. The molecule has 1 heterocycles. The number of hydrogen-bond donors (Lipinski definition) is 0. The fourth-order valence-corrected chi connectivity index (χ4v) is 7.64. The van der Waals surface area contributed by atoms with E-state index < -0.39 is 7.82 Å². The lowest BCUT2D eigenvalue weighted by Gasteiger charge is -2.40. The Hall–Kier alpha value is -1.77. The summed E-state index contributed by atoms with van der Waals surface area (Å²) in [6.45, 7) is 8.74. The van der Waals surface area contributed by atoms with Crippen molar-refractivity contribution in [2.45, 2.75) is 109 Å². The molecule has 2 saturated carbocycles. The van der Waals surface area contributed by atoms with Gasteiger partial charge in [0.25, 0.3) is 0 Å². The van der Waals surface area contributed by atoms with Crippen molar-refractivity contribution in [1.82, 2.24) is 0 Å². The molecule has 2 aromatic rings. The zero-order valence-electron chi connectivity index (χ0n) is 21.2. The Kier molecular flexibility index (Phi) is 6.14. The van der Waals surface area contributed by atoms with Crippen LogP contribution in [-0.2, 0) is 21.8 Å². The molecular weight excluding hydrogens is 443 g/mol. The fraction of sp³-hybridized carbons (Fsp3) is 0.586. The van der Waals surface area contributed by atoms with E-state index in [-0.39, 0.29) is 10.8 Å². The lowest BCUT2D eigenvalue weighted by atomic mass is 9.69. The summed E-state index contributed by atoms with van der Waals surface area (Å²) < 4.78 is 25.1. The van der Waals surface area contributed by atoms with Crippen LogP contribution >= 0.6 is 7.82 Å². The van der Waals surface area contributed by atoms with Crippen LogP contribution in [0.4, 0.5) is 0 Å². The Bertz CT molecular complexity index is 1050. The van der Waals surface area contributed by atoms with E-state index >= 15 is 0 Å². The van der Waals surface area contributed by atoms with E-state index in [1.807, 2.05) is 0 Å². The molecule has 2 aromatic carbocycles. The molecule has 184 valence electrons. The molecule has 5 rings (SSSR count). The van der Waals surface area contributed by atoms with Gasteiger partial charge in [0.2, 0.25) is 0 Å². The Morgan fingerprint density at radius 3 is 1.47 bits per heavy atom. The summed E-state index contributed by atoms with van der Waals surface area (Å²) in [5.41, 5.74) is 6.10. The SMILES string of the molecule is Cc1cc2c(c(C3(C)CCCCC3)c1)OP(=O)([O-])Oc1c(cc(C)cc1C1(C)CCCCC1)C2.